The van der Waals surface area contributed by atoms with E-state index in [0.717, 1.165) is 0 Å². The molecule has 6 heteroatoms. The van der Waals surface area contributed by atoms with Crippen LogP contribution in [0, 0.1) is 0 Å². The average Bonchev–Trinajstić information content (AvgIpc) is 2.15. The summed E-state index contributed by atoms with van der Waals surface area (Å²) in [6, 6.07) is 2.95. The van der Waals surface area contributed by atoms with Gasteiger partial charge in [-0.3, -0.25) is 0 Å². The number of hydrogen-bond acceptors (Lipinski definition) is 3. The van der Waals surface area contributed by atoms with E-state index in [-0.39, 0.29) is 34.5 Å². The van der Waals surface area contributed by atoms with Crippen LogP contribution in [-0.4, -0.2) is 39.8 Å². The molecule has 0 atom stereocenters. The van der Waals surface area contributed by atoms with E-state index in [1.54, 1.807) is 0 Å². The Bertz CT molecular complexity index is 195. The molecule has 0 spiro atoms. The maximum absolute atomic E-state index is 9.78. The zero-order chi connectivity index (χ0) is 6.69. The fraction of sp³-hybridized carbons (Fsp3) is 0. The molecule has 0 aromatic carbocycles. The lowest BCUT2D eigenvalue weighted by molar-refractivity contribution is 0.133. The van der Waals surface area contributed by atoms with Crippen LogP contribution in [0.25, 0.3) is 0 Å². The third-order valence-electron chi connectivity index (χ3n) is 0.683. The van der Waals surface area contributed by atoms with Crippen LogP contribution in [0.4, 0.5) is 4.79 Å². The van der Waals surface area contributed by atoms with Gasteiger partial charge in [0.05, 0.1) is 6.26 Å². The Morgan fingerprint density at radius 1 is 1.64 bits per heavy atom. The van der Waals surface area contributed by atoms with E-state index < -0.39 is 6.16 Å². The van der Waals surface area contributed by atoms with Crippen LogP contribution in [0.1, 0.15) is 0 Å². The number of hydrogen-bond donors (Lipinski definition) is 1. The van der Waals surface area contributed by atoms with E-state index in [9.17, 15) is 4.79 Å². The third kappa shape index (κ3) is 4.65. The highest BCUT2D eigenvalue weighted by atomic mass is 24.3. The highest BCUT2D eigenvalue weighted by molar-refractivity contribution is 5.75. The molecule has 0 aliphatic rings. The number of rotatable bonds is 1. The lowest BCUT2D eigenvalue weighted by Gasteiger charge is -1.89. The summed E-state index contributed by atoms with van der Waals surface area (Å²) in [4.78, 5) is 9.78. The van der Waals surface area contributed by atoms with Crippen molar-refractivity contribution >= 4 is 29.2 Å². The van der Waals surface area contributed by atoms with E-state index in [0.29, 0.717) is 0 Å². The SMILES string of the molecule is O.O=C(O)Oc1ccco1.[MgH2]. The first-order valence-corrected chi connectivity index (χ1v) is 2.23. The molecule has 60 valence electrons. The van der Waals surface area contributed by atoms with Crippen LogP contribution >= 0.6 is 0 Å². The smallest absolute Gasteiger partial charge is 0.449 e. The molecule has 1 aromatic heterocycles. The quantitative estimate of drug-likeness (QED) is 0.461. The minimum Gasteiger partial charge on any atom is -0.449 e. The Kier molecular flexibility index (Phi) is 7.06. The van der Waals surface area contributed by atoms with E-state index in [1.165, 1.54) is 18.4 Å². The molecular weight excluding hydrogens is 164 g/mol. The van der Waals surface area contributed by atoms with Gasteiger partial charge in [-0.05, 0) is 6.07 Å². The summed E-state index contributed by atoms with van der Waals surface area (Å²) in [6.45, 7) is 0. The van der Waals surface area contributed by atoms with Crippen molar-refractivity contribution in [1.29, 1.82) is 0 Å². The predicted octanol–water partition coefficient (Wildman–Crippen LogP) is -0.405. The maximum Gasteiger partial charge on any atom is 0.513 e. The second kappa shape index (κ2) is 6.02. The molecule has 0 radical (unpaired) electrons. The summed E-state index contributed by atoms with van der Waals surface area (Å²) in [5, 5.41) is 8.00. The summed E-state index contributed by atoms with van der Waals surface area (Å²) in [5.41, 5.74) is 0. The van der Waals surface area contributed by atoms with Crippen molar-refractivity contribution in [2.24, 2.45) is 0 Å². The van der Waals surface area contributed by atoms with Gasteiger partial charge in [0.25, 0.3) is 5.95 Å². The third-order valence-corrected chi connectivity index (χ3v) is 0.683. The first kappa shape index (κ1) is 12.9. The Morgan fingerprint density at radius 2 is 2.27 bits per heavy atom. The second-order valence-corrected chi connectivity index (χ2v) is 1.30. The molecule has 1 rings (SSSR count). The van der Waals surface area contributed by atoms with Gasteiger partial charge in [-0.2, -0.15) is 0 Å². The minimum atomic E-state index is -1.37. The fourth-order valence-corrected chi connectivity index (χ4v) is 0.408. The van der Waals surface area contributed by atoms with Gasteiger partial charge in [0.15, 0.2) is 0 Å². The molecule has 0 bridgehead atoms. The summed E-state index contributed by atoms with van der Waals surface area (Å²) in [6.07, 6.45) is -0.0388. The normalized spacial score (nSPS) is 7.27. The average molecular weight is 172 g/mol. The van der Waals surface area contributed by atoms with Crippen molar-refractivity contribution in [3.8, 4) is 5.95 Å². The minimum absolute atomic E-state index is 0. The predicted molar refractivity (Wildman–Crippen MR) is 39.5 cm³/mol. The zero-order valence-corrected chi connectivity index (χ0v) is 4.90. The van der Waals surface area contributed by atoms with Crippen LogP contribution in [0.5, 0.6) is 5.95 Å². The highest BCUT2D eigenvalue weighted by Gasteiger charge is 2.00. The Hall–Kier alpha value is -0.724. The molecule has 1 aromatic rings. The molecule has 3 N–H and O–H groups in total. The number of ether oxygens (including phenoxy) is 1. The van der Waals surface area contributed by atoms with Crippen LogP contribution in [-0.2, 0) is 0 Å². The summed E-state index contributed by atoms with van der Waals surface area (Å²) in [7, 11) is 0. The molecule has 0 fully saturated rings. The molecule has 0 aliphatic heterocycles. The topological polar surface area (TPSA) is 91.2 Å². The molecule has 5 nitrogen and oxygen atoms in total. The largest absolute Gasteiger partial charge is 0.513 e. The standard InChI is InChI=1S/C5H4O4.Mg.H2O.2H/c6-5(7)9-4-2-1-3-8-4;;;;/h1-3H,(H,6,7);;1H2;;. The van der Waals surface area contributed by atoms with Gasteiger partial charge in [0.1, 0.15) is 0 Å². The van der Waals surface area contributed by atoms with Crippen molar-refractivity contribution in [2.75, 3.05) is 0 Å². The molecule has 1 heterocycles. The van der Waals surface area contributed by atoms with Gasteiger partial charge in [-0.15, -0.1) is 0 Å². The lowest BCUT2D eigenvalue weighted by atomic mass is 10.7. The first-order chi connectivity index (χ1) is 4.29. The van der Waals surface area contributed by atoms with Crippen molar-refractivity contribution < 1.29 is 24.5 Å². The Morgan fingerprint density at radius 3 is 2.64 bits per heavy atom. The molecule has 0 unspecified atom stereocenters. The molecule has 0 aliphatic carbocycles. The van der Waals surface area contributed by atoms with E-state index >= 15 is 0 Å². The maximum atomic E-state index is 9.78. The van der Waals surface area contributed by atoms with Gasteiger partial charge in [0, 0.05) is 6.07 Å². The lowest BCUT2D eigenvalue weighted by Crippen LogP contribution is -2.01. The van der Waals surface area contributed by atoms with Crippen molar-refractivity contribution in [3.05, 3.63) is 18.4 Å². The Balaban J connectivity index is 0. The van der Waals surface area contributed by atoms with E-state index in [2.05, 4.69) is 9.15 Å². The number of carbonyl (C=O) groups is 1. The van der Waals surface area contributed by atoms with Crippen molar-refractivity contribution in [2.45, 2.75) is 0 Å². The van der Waals surface area contributed by atoms with Gasteiger partial charge in [-0.25, -0.2) is 4.79 Å². The monoisotopic (exact) mass is 172 g/mol. The Labute approximate surface area is 78.4 Å². The van der Waals surface area contributed by atoms with Crippen LogP contribution in [0.15, 0.2) is 22.8 Å². The summed E-state index contributed by atoms with van der Waals surface area (Å²) >= 11 is 0. The number of carboxylic acid groups (broad SMARTS) is 1. The van der Waals surface area contributed by atoms with E-state index in [1.807, 2.05) is 0 Å². The number of furan rings is 1. The highest BCUT2D eigenvalue weighted by Crippen LogP contribution is 2.09. The van der Waals surface area contributed by atoms with Gasteiger partial charge < -0.3 is 19.7 Å². The molecular formula is C5H8MgO5. The van der Waals surface area contributed by atoms with E-state index in [4.69, 9.17) is 5.11 Å². The van der Waals surface area contributed by atoms with Gasteiger partial charge in [-0.1, -0.05) is 0 Å². The van der Waals surface area contributed by atoms with Crippen LogP contribution < -0.4 is 4.74 Å². The van der Waals surface area contributed by atoms with Crippen molar-refractivity contribution in [3.63, 3.8) is 0 Å². The fourth-order valence-electron chi connectivity index (χ4n) is 0.408. The second-order valence-electron chi connectivity index (χ2n) is 1.30. The molecule has 0 saturated carbocycles. The first-order valence-electron chi connectivity index (χ1n) is 2.23. The van der Waals surface area contributed by atoms with Gasteiger partial charge >= 0.3 is 29.2 Å². The molecule has 11 heavy (non-hydrogen) atoms. The van der Waals surface area contributed by atoms with Gasteiger partial charge in [0.2, 0.25) is 0 Å². The zero-order valence-electron chi connectivity index (χ0n) is 4.90. The van der Waals surface area contributed by atoms with Crippen LogP contribution in [0.2, 0.25) is 0 Å². The molecule has 0 saturated heterocycles. The molecule has 0 amide bonds. The summed E-state index contributed by atoms with van der Waals surface area (Å²) in [5.74, 6) is -0.0116. The van der Waals surface area contributed by atoms with Crippen LogP contribution in [0.3, 0.4) is 0 Å². The summed E-state index contributed by atoms with van der Waals surface area (Å²) < 4.78 is 8.65. The van der Waals surface area contributed by atoms with Crippen molar-refractivity contribution in [1.82, 2.24) is 0 Å².